The highest BCUT2D eigenvalue weighted by molar-refractivity contribution is 5.27. The van der Waals surface area contributed by atoms with Crippen LogP contribution in [0.5, 0.6) is 5.75 Å². The Bertz CT molecular complexity index is 775. The second-order valence-electron chi connectivity index (χ2n) is 9.20. The first kappa shape index (κ1) is 21.2. The van der Waals surface area contributed by atoms with Crippen molar-refractivity contribution in [3.05, 3.63) is 35.7 Å². The van der Waals surface area contributed by atoms with Gasteiger partial charge >= 0.3 is 0 Å². The van der Waals surface area contributed by atoms with Crippen LogP contribution in [0.3, 0.4) is 0 Å². The molecule has 0 unspecified atom stereocenters. The van der Waals surface area contributed by atoms with Gasteiger partial charge in [-0.1, -0.05) is 38.8 Å². The van der Waals surface area contributed by atoms with E-state index in [1.807, 2.05) is 16.8 Å². The van der Waals surface area contributed by atoms with Gasteiger partial charge in [0, 0.05) is 32.2 Å². The van der Waals surface area contributed by atoms with E-state index in [4.69, 9.17) is 4.74 Å². The van der Waals surface area contributed by atoms with Gasteiger partial charge in [0.15, 0.2) is 5.82 Å². The molecule has 0 bridgehead atoms. The van der Waals surface area contributed by atoms with E-state index < -0.39 is 0 Å². The van der Waals surface area contributed by atoms with Gasteiger partial charge in [0.05, 0.1) is 19.7 Å². The van der Waals surface area contributed by atoms with Crippen LogP contribution in [0, 0.1) is 5.92 Å². The number of aromatic nitrogens is 4. The van der Waals surface area contributed by atoms with Crippen molar-refractivity contribution < 1.29 is 4.74 Å². The van der Waals surface area contributed by atoms with E-state index in [2.05, 4.69) is 51.3 Å². The lowest BCUT2D eigenvalue weighted by atomic mass is 10.0. The molecule has 0 amide bonds. The number of rotatable bonds is 8. The summed E-state index contributed by atoms with van der Waals surface area (Å²) in [5.74, 6) is 2.45. The molecule has 1 aromatic carbocycles. The fraction of sp³-hybridized carbons (Fsp3) is 0.696. The van der Waals surface area contributed by atoms with Gasteiger partial charge in [-0.25, -0.2) is 4.68 Å². The summed E-state index contributed by atoms with van der Waals surface area (Å²) < 4.78 is 7.26. The first-order valence-electron chi connectivity index (χ1n) is 11.5. The van der Waals surface area contributed by atoms with Gasteiger partial charge in [-0.15, -0.1) is 5.10 Å². The topological polar surface area (TPSA) is 59.3 Å². The molecule has 7 heteroatoms. The summed E-state index contributed by atoms with van der Waals surface area (Å²) in [4.78, 5) is 5.33. The lowest BCUT2D eigenvalue weighted by Gasteiger charge is -2.41. The minimum atomic E-state index is 0.268. The SMILES string of the molecule is COc1ccc(Cn2nnnc2[C@H](CC(C)C)N2CCN(C3CCCC3)CC2)cc1. The summed E-state index contributed by atoms with van der Waals surface area (Å²) in [6, 6.07) is 9.24. The summed E-state index contributed by atoms with van der Waals surface area (Å²) in [6.07, 6.45) is 6.65. The van der Waals surface area contributed by atoms with Gasteiger partial charge in [-0.2, -0.15) is 0 Å². The Hall–Kier alpha value is -1.99. The number of nitrogens with zero attached hydrogens (tertiary/aromatic N) is 6. The van der Waals surface area contributed by atoms with Crippen LogP contribution in [0.25, 0.3) is 0 Å². The number of benzene rings is 1. The molecule has 1 saturated carbocycles. The van der Waals surface area contributed by atoms with Gasteiger partial charge < -0.3 is 4.74 Å². The molecule has 1 saturated heterocycles. The molecule has 1 atom stereocenters. The molecule has 2 heterocycles. The quantitative estimate of drug-likeness (QED) is 0.662. The zero-order valence-electron chi connectivity index (χ0n) is 18.7. The molecule has 2 aliphatic rings. The highest BCUT2D eigenvalue weighted by Gasteiger charge is 2.32. The monoisotopic (exact) mass is 412 g/mol. The molecule has 2 fully saturated rings. The van der Waals surface area contributed by atoms with E-state index in [9.17, 15) is 0 Å². The normalized spacial score (nSPS) is 20.1. The number of hydrogen-bond acceptors (Lipinski definition) is 6. The van der Waals surface area contributed by atoms with E-state index in [-0.39, 0.29) is 6.04 Å². The Morgan fingerprint density at radius 1 is 1.03 bits per heavy atom. The third-order valence-electron chi connectivity index (χ3n) is 6.67. The predicted molar refractivity (Wildman–Crippen MR) is 118 cm³/mol. The van der Waals surface area contributed by atoms with Crippen LogP contribution < -0.4 is 4.74 Å². The van der Waals surface area contributed by atoms with Crippen LogP contribution in [-0.4, -0.2) is 69.3 Å². The van der Waals surface area contributed by atoms with Crippen LogP contribution in [-0.2, 0) is 6.54 Å². The van der Waals surface area contributed by atoms with Gasteiger partial charge in [0.2, 0.25) is 0 Å². The molecular weight excluding hydrogens is 376 g/mol. The van der Waals surface area contributed by atoms with Crippen molar-refractivity contribution in [2.45, 2.75) is 64.6 Å². The molecular formula is C23H36N6O. The number of ether oxygens (including phenoxy) is 1. The van der Waals surface area contributed by atoms with E-state index in [0.29, 0.717) is 12.5 Å². The molecule has 30 heavy (non-hydrogen) atoms. The maximum atomic E-state index is 5.28. The molecule has 2 aromatic rings. The average Bonchev–Trinajstić information content (AvgIpc) is 3.45. The Balaban J connectivity index is 1.46. The zero-order chi connectivity index (χ0) is 20.9. The minimum Gasteiger partial charge on any atom is -0.497 e. The first-order chi connectivity index (χ1) is 14.6. The van der Waals surface area contributed by atoms with E-state index in [0.717, 1.165) is 37.1 Å². The second kappa shape index (κ2) is 9.88. The molecule has 4 rings (SSSR count). The minimum absolute atomic E-state index is 0.268. The Morgan fingerprint density at radius 3 is 2.37 bits per heavy atom. The molecule has 7 nitrogen and oxygen atoms in total. The Morgan fingerprint density at radius 2 is 1.73 bits per heavy atom. The predicted octanol–water partition coefficient (Wildman–Crippen LogP) is 3.38. The maximum absolute atomic E-state index is 5.28. The summed E-state index contributed by atoms with van der Waals surface area (Å²) in [6.45, 7) is 9.80. The highest BCUT2D eigenvalue weighted by Crippen LogP contribution is 2.30. The van der Waals surface area contributed by atoms with Gasteiger partial charge in [0.25, 0.3) is 0 Å². The third kappa shape index (κ3) is 5.01. The lowest BCUT2D eigenvalue weighted by molar-refractivity contribution is 0.0588. The van der Waals surface area contributed by atoms with E-state index >= 15 is 0 Å². The third-order valence-corrected chi connectivity index (χ3v) is 6.67. The van der Waals surface area contributed by atoms with E-state index in [1.165, 1.54) is 44.3 Å². The molecule has 0 spiro atoms. The van der Waals surface area contributed by atoms with Crippen molar-refractivity contribution in [3.8, 4) is 5.75 Å². The largest absolute Gasteiger partial charge is 0.497 e. The Labute approximate surface area is 180 Å². The molecule has 164 valence electrons. The fourth-order valence-electron chi connectivity index (χ4n) is 5.01. The molecule has 0 radical (unpaired) electrons. The average molecular weight is 413 g/mol. The van der Waals surface area contributed by atoms with Crippen LogP contribution >= 0.6 is 0 Å². The standard InChI is InChI=1S/C23H36N6O/c1-18(2)16-22(28-14-12-27(13-15-28)20-6-4-5-7-20)23-24-25-26-29(23)17-19-8-10-21(30-3)11-9-19/h8-11,18,20,22H,4-7,12-17H2,1-3H3/t22-/m0/s1. The van der Waals surface area contributed by atoms with Crippen LogP contribution in [0.1, 0.15) is 63.4 Å². The summed E-state index contributed by atoms with van der Waals surface area (Å²) in [7, 11) is 1.69. The second-order valence-corrected chi connectivity index (χ2v) is 9.20. The highest BCUT2D eigenvalue weighted by atomic mass is 16.5. The van der Waals surface area contributed by atoms with Crippen LogP contribution in [0.15, 0.2) is 24.3 Å². The van der Waals surface area contributed by atoms with Crippen molar-refractivity contribution in [2.75, 3.05) is 33.3 Å². The number of piperazine rings is 1. The molecule has 1 aromatic heterocycles. The summed E-state index contributed by atoms with van der Waals surface area (Å²) in [5, 5.41) is 12.9. The van der Waals surface area contributed by atoms with Gasteiger partial charge in [0.1, 0.15) is 5.75 Å². The fourth-order valence-corrected chi connectivity index (χ4v) is 5.01. The van der Waals surface area contributed by atoms with Crippen LogP contribution in [0.4, 0.5) is 0 Å². The number of methoxy groups -OCH3 is 1. The molecule has 0 N–H and O–H groups in total. The zero-order valence-corrected chi connectivity index (χ0v) is 18.7. The molecule has 1 aliphatic carbocycles. The maximum Gasteiger partial charge on any atom is 0.168 e. The Kier molecular flexibility index (Phi) is 7.00. The summed E-state index contributed by atoms with van der Waals surface area (Å²) >= 11 is 0. The van der Waals surface area contributed by atoms with Gasteiger partial charge in [-0.05, 0) is 53.3 Å². The smallest absolute Gasteiger partial charge is 0.168 e. The van der Waals surface area contributed by atoms with Crippen molar-refractivity contribution in [1.82, 2.24) is 30.0 Å². The van der Waals surface area contributed by atoms with Gasteiger partial charge in [-0.3, -0.25) is 9.80 Å². The van der Waals surface area contributed by atoms with Crippen molar-refractivity contribution >= 4 is 0 Å². The van der Waals surface area contributed by atoms with Crippen molar-refractivity contribution in [2.24, 2.45) is 5.92 Å². The first-order valence-corrected chi connectivity index (χ1v) is 11.5. The summed E-state index contributed by atoms with van der Waals surface area (Å²) in [5.41, 5.74) is 1.18. The number of hydrogen-bond donors (Lipinski definition) is 0. The van der Waals surface area contributed by atoms with Crippen LogP contribution in [0.2, 0.25) is 0 Å². The van der Waals surface area contributed by atoms with E-state index in [1.54, 1.807) is 7.11 Å². The molecule has 1 aliphatic heterocycles. The van der Waals surface area contributed by atoms with Crippen molar-refractivity contribution in [3.63, 3.8) is 0 Å². The lowest BCUT2D eigenvalue weighted by Crippen LogP contribution is -2.51. The van der Waals surface area contributed by atoms with Crippen molar-refractivity contribution in [1.29, 1.82) is 0 Å². The number of tetrazole rings is 1.